The van der Waals surface area contributed by atoms with Crippen LogP contribution in [0.4, 0.5) is 4.39 Å². The molecule has 0 aromatic heterocycles. The lowest BCUT2D eigenvalue weighted by Gasteiger charge is -2.28. The van der Waals surface area contributed by atoms with E-state index in [0.29, 0.717) is 11.4 Å². The minimum absolute atomic E-state index is 0. The van der Waals surface area contributed by atoms with Crippen LogP contribution in [0.25, 0.3) is 0 Å². The topological polar surface area (TPSA) is 54.9 Å². The fourth-order valence-electron chi connectivity index (χ4n) is 2.36. The van der Waals surface area contributed by atoms with Gasteiger partial charge in [-0.15, -0.1) is 12.4 Å². The number of hydrogen-bond donors (Lipinski definition) is 2. The SMILES string of the molecule is COc1ccc(C2=NC3(CCNCC3)ON2)cc1F.Cl. The van der Waals surface area contributed by atoms with Gasteiger partial charge in [0.2, 0.25) is 0 Å². The summed E-state index contributed by atoms with van der Waals surface area (Å²) in [6, 6.07) is 4.74. The number of hydrogen-bond acceptors (Lipinski definition) is 5. The van der Waals surface area contributed by atoms with Crippen LogP contribution in [0.5, 0.6) is 5.75 Å². The highest BCUT2D eigenvalue weighted by molar-refractivity contribution is 5.99. The summed E-state index contributed by atoms with van der Waals surface area (Å²) in [7, 11) is 1.44. The van der Waals surface area contributed by atoms with E-state index >= 15 is 0 Å². The van der Waals surface area contributed by atoms with Gasteiger partial charge in [-0.25, -0.2) is 19.7 Å². The van der Waals surface area contributed by atoms with Crippen LogP contribution in [0.3, 0.4) is 0 Å². The van der Waals surface area contributed by atoms with Gasteiger partial charge in [0.15, 0.2) is 23.1 Å². The number of halogens is 2. The predicted octanol–water partition coefficient (Wildman–Crippen LogP) is 1.62. The Hall–Kier alpha value is -1.37. The smallest absolute Gasteiger partial charge is 0.190 e. The van der Waals surface area contributed by atoms with E-state index in [1.165, 1.54) is 13.2 Å². The van der Waals surface area contributed by atoms with Gasteiger partial charge in [0.05, 0.1) is 7.11 Å². The van der Waals surface area contributed by atoms with Crippen LogP contribution in [-0.4, -0.2) is 31.8 Å². The van der Waals surface area contributed by atoms with Gasteiger partial charge >= 0.3 is 0 Å². The maximum absolute atomic E-state index is 13.7. The molecule has 0 amide bonds. The highest BCUT2D eigenvalue weighted by Crippen LogP contribution is 2.29. The molecule has 1 aromatic rings. The van der Waals surface area contributed by atoms with Gasteiger partial charge in [-0.2, -0.15) is 0 Å². The zero-order valence-corrected chi connectivity index (χ0v) is 11.9. The molecule has 2 heterocycles. The number of ether oxygens (including phenoxy) is 1. The molecule has 2 aliphatic heterocycles. The number of rotatable bonds is 2. The molecule has 2 aliphatic rings. The van der Waals surface area contributed by atoms with Crippen LogP contribution in [0.1, 0.15) is 18.4 Å². The van der Waals surface area contributed by atoms with Crippen LogP contribution < -0.4 is 15.5 Å². The zero-order valence-electron chi connectivity index (χ0n) is 11.1. The van der Waals surface area contributed by atoms with Gasteiger partial charge in [0.25, 0.3) is 0 Å². The number of aliphatic imine (C=N–C) groups is 1. The molecule has 7 heteroatoms. The van der Waals surface area contributed by atoms with Gasteiger partial charge in [-0.3, -0.25) is 0 Å². The monoisotopic (exact) mass is 301 g/mol. The van der Waals surface area contributed by atoms with E-state index in [1.54, 1.807) is 12.1 Å². The molecule has 0 atom stereocenters. The van der Waals surface area contributed by atoms with Crippen molar-refractivity contribution in [3.63, 3.8) is 0 Å². The van der Waals surface area contributed by atoms with Crippen molar-refractivity contribution in [1.82, 2.24) is 10.8 Å². The van der Waals surface area contributed by atoms with Crippen molar-refractivity contribution in [2.75, 3.05) is 20.2 Å². The second-order valence-electron chi connectivity index (χ2n) is 4.71. The molecule has 20 heavy (non-hydrogen) atoms. The standard InChI is InChI=1S/C13H16FN3O2.ClH/c1-18-11-3-2-9(8-10(11)14)12-16-13(19-17-12)4-6-15-7-5-13;/h2-3,8,15H,4-7H2,1H3,(H,16,17);1H. The molecular formula is C13H17ClFN3O2. The van der Waals surface area contributed by atoms with Crippen molar-refractivity contribution >= 4 is 18.2 Å². The molecule has 110 valence electrons. The van der Waals surface area contributed by atoms with E-state index in [9.17, 15) is 4.39 Å². The Bertz CT molecular complexity index is 518. The molecule has 1 fully saturated rings. The summed E-state index contributed by atoms with van der Waals surface area (Å²) in [5.41, 5.74) is 2.97. The largest absolute Gasteiger partial charge is 0.494 e. The minimum atomic E-state index is -0.503. The van der Waals surface area contributed by atoms with Gasteiger partial charge in [-0.05, 0) is 31.3 Å². The third kappa shape index (κ3) is 2.72. The second kappa shape index (κ2) is 5.95. The summed E-state index contributed by atoms with van der Waals surface area (Å²) in [5, 5.41) is 3.26. The van der Waals surface area contributed by atoms with Gasteiger partial charge in [0, 0.05) is 18.4 Å². The van der Waals surface area contributed by atoms with Gasteiger partial charge < -0.3 is 10.1 Å². The predicted molar refractivity (Wildman–Crippen MR) is 75.8 cm³/mol. The third-order valence-electron chi connectivity index (χ3n) is 3.46. The Kier molecular flexibility index (Phi) is 4.47. The van der Waals surface area contributed by atoms with Crippen molar-refractivity contribution in [2.24, 2.45) is 4.99 Å². The van der Waals surface area contributed by atoms with Crippen molar-refractivity contribution in [1.29, 1.82) is 0 Å². The van der Waals surface area contributed by atoms with Crippen molar-refractivity contribution in [2.45, 2.75) is 18.6 Å². The third-order valence-corrected chi connectivity index (χ3v) is 3.46. The molecule has 0 radical (unpaired) electrons. The summed E-state index contributed by atoms with van der Waals surface area (Å²) in [6.45, 7) is 1.74. The quantitative estimate of drug-likeness (QED) is 0.871. The van der Waals surface area contributed by atoms with E-state index in [2.05, 4.69) is 15.8 Å². The number of nitrogens with one attached hydrogen (secondary N) is 2. The molecule has 3 rings (SSSR count). The van der Waals surface area contributed by atoms with Crippen LogP contribution in [0.2, 0.25) is 0 Å². The van der Waals surface area contributed by atoms with E-state index < -0.39 is 11.5 Å². The first kappa shape index (κ1) is 15.0. The fraction of sp³-hybridized carbons (Fsp3) is 0.462. The highest BCUT2D eigenvalue weighted by atomic mass is 35.5. The van der Waals surface area contributed by atoms with Gasteiger partial charge in [-0.1, -0.05) is 0 Å². The Morgan fingerprint density at radius 2 is 2.10 bits per heavy atom. The summed E-state index contributed by atoms with van der Waals surface area (Å²) in [5.74, 6) is 0.388. The van der Waals surface area contributed by atoms with Gasteiger partial charge in [0.1, 0.15) is 0 Å². The Morgan fingerprint density at radius 1 is 1.35 bits per heavy atom. The van der Waals surface area contributed by atoms with E-state index in [4.69, 9.17) is 9.57 Å². The van der Waals surface area contributed by atoms with Crippen LogP contribution in [0, 0.1) is 5.82 Å². The fourth-order valence-corrected chi connectivity index (χ4v) is 2.36. The van der Waals surface area contributed by atoms with Crippen molar-refractivity contribution in [3.05, 3.63) is 29.6 Å². The number of methoxy groups -OCH3 is 1. The molecular weight excluding hydrogens is 285 g/mol. The molecule has 1 aromatic carbocycles. The number of hydroxylamine groups is 1. The molecule has 2 N–H and O–H groups in total. The van der Waals surface area contributed by atoms with E-state index in [-0.39, 0.29) is 18.2 Å². The highest BCUT2D eigenvalue weighted by Gasteiger charge is 2.38. The number of amidine groups is 1. The molecule has 0 bridgehead atoms. The number of nitrogens with zero attached hydrogens (tertiary/aromatic N) is 1. The van der Waals surface area contributed by atoms with Crippen LogP contribution in [-0.2, 0) is 4.84 Å². The summed E-state index contributed by atoms with van der Waals surface area (Å²) in [6.07, 6.45) is 1.62. The normalized spacial score (nSPS) is 20.0. The van der Waals surface area contributed by atoms with E-state index in [0.717, 1.165) is 25.9 Å². The Balaban J connectivity index is 0.00000147. The summed E-state index contributed by atoms with van der Waals surface area (Å²) >= 11 is 0. The lowest BCUT2D eigenvalue weighted by atomic mass is 10.0. The maximum atomic E-state index is 13.7. The van der Waals surface area contributed by atoms with Crippen LogP contribution in [0.15, 0.2) is 23.2 Å². The number of piperidine rings is 1. The molecule has 1 spiro atoms. The summed E-state index contributed by atoms with van der Waals surface area (Å²) < 4.78 is 18.6. The average molecular weight is 302 g/mol. The average Bonchev–Trinajstić information content (AvgIpc) is 2.83. The minimum Gasteiger partial charge on any atom is -0.494 e. The molecule has 0 aliphatic carbocycles. The molecule has 0 unspecified atom stereocenters. The lowest BCUT2D eigenvalue weighted by Crippen LogP contribution is -2.41. The molecule has 1 saturated heterocycles. The van der Waals surface area contributed by atoms with Crippen LogP contribution >= 0.6 is 12.4 Å². The Morgan fingerprint density at radius 3 is 2.75 bits per heavy atom. The first-order chi connectivity index (χ1) is 9.22. The summed E-state index contributed by atoms with van der Waals surface area (Å²) in [4.78, 5) is 10.2. The zero-order chi connectivity index (χ0) is 13.3. The van der Waals surface area contributed by atoms with Crippen molar-refractivity contribution < 1.29 is 14.0 Å². The maximum Gasteiger partial charge on any atom is 0.190 e. The van der Waals surface area contributed by atoms with E-state index in [1.807, 2.05) is 0 Å². The molecule has 5 nitrogen and oxygen atoms in total. The molecule has 0 saturated carbocycles. The number of benzene rings is 1. The first-order valence-corrected chi connectivity index (χ1v) is 6.31. The second-order valence-corrected chi connectivity index (χ2v) is 4.71. The lowest BCUT2D eigenvalue weighted by molar-refractivity contribution is -0.0720. The Labute approximate surface area is 122 Å². The van der Waals surface area contributed by atoms with Crippen molar-refractivity contribution in [3.8, 4) is 5.75 Å². The first-order valence-electron chi connectivity index (χ1n) is 6.31.